The van der Waals surface area contributed by atoms with Crippen LogP contribution < -0.4 is 5.32 Å². The van der Waals surface area contributed by atoms with E-state index in [1.165, 1.54) is 11.1 Å². The molecule has 1 aliphatic heterocycles. The lowest BCUT2D eigenvalue weighted by Crippen LogP contribution is -2.47. The van der Waals surface area contributed by atoms with Crippen LogP contribution in [0, 0.1) is 0 Å². The molecule has 1 aliphatic rings. The first-order valence-electron chi connectivity index (χ1n) is 11.0. The minimum atomic E-state index is 0.348. The van der Waals surface area contributed by atoms with Gasteiger partial charge in [-0.15, -0.1) is 0 Å². The van der Waals surface area contributed by atoms with Crippen molar-refractivity contribution in [1.82, 2.24) is 19.8 Å². The Labute approximate surface area is 180 Å². The predicted molar refractivity (Wildman–Crippen MR) is 120 cm³/mol. The predicted octanol–water partition coefficient (Wildman–Crippen LogP) is 2.91. The van der Waals surface area contributed by atoms with Gasteiger partial charge < -0.3 is 24.3 Å². The van der Waals surface area contributed by atoms with E-state index in [1.54, 1.807) is 7.11 Å². The highest BCUT2D eigenvalue weighted by atomic mass is 16.5. The number of aromatic nitrogens is 2. The Bertz CT molecular complexity index is 755. The molecular weight excluding hydrogens is 378 g/mol. The van der Waals surface area contributed by atoms with Crippen molar-refractivity contribution in [3.63, 3.8) is 0 Å². The molecule has 30 heavy (non-hydrogen) atoms. The van der Waals surface area contributed by atoms with Gasteiger partial charge >= 0.3 is 0 Å². The summed E-state index contributed by atoms with van der Waals surface area (Å²) in [6.45, 7) is 7.98. The molecule has 0 radical (unpaired) electrons. The zero-order valence-electron chi connectivity index (χ0n) is 18.3. The molecule has 0 unspecified atom stereocenters. The molecule has 164 valence electrons. The Morgan fingerprint density at radius 1 is 1.23 bits per heavy atom. The minimum absolute atomic E-state index is 0.348. The molecule has 0 saturated carbocycles. The summed E-state index contributed by atoms with van der Waals surface area (Å²) in [5.74, 6) is 0.996. The molecule has 0 spiro atoms. The number of likely N-dealkylation sites (tertiary alicyclic amines) is 1. The Morgan fingerprint density at radius 3 is 2.80 bits per heavy atom. The first-order valence-corrected chi connectivity index (χ1v) is 11.0. The van der Waals surface area contributed by atoms with E-state index in [9.17, 15) is 0 Å². The topological polar surface area (TPSA) is 63.9 Å². The Balaban J connectivity index is 1.52. The SMILES string of the molecule is CCNC(=NCc1cccc(Cn2ccnc2)c1)N1CCC(OCCCOC)CC1. The number of methoxy groups -OCH3 is 1. The van der Waals surface area contributed by atoms with E-state index in [0.29, 0.717) is 12.6 Å². The zero-order valence-corrected chi connectivity index (χ0v) is 18.3. The van der Waals surface area contributed by atoms with Crippen LogP contribution in [-0.4, -0.2) is 66.5 Å². The molecule has 1 aromatic carbocycles. The van der Waals surface area contributed by atoms with Crippen LogP contribution in [0.2, 0.25) is 0 Å². The summed E-state index contributed by atoms with van der Waals surface area (Å²) in [5, 5.41) is 3.45. The molecule has 0 amide bonds. The lowest BCUT2D eigenvalue weighted by atomic mass is 10.1. The number of aliphatic imine (C=N–C) groups is 1. The highest BCUT2D eigenvalue weighted by molar-refractivity contribution is 5.80. The van der Waals surface area contributed by atoms with Crippen LogP contribution in [0.15, 0.2) is 48.0 Å². The highest BCUT2D eigenvalue weighted by Gasteiger charge is 2.21. The monoisotopic (exact) mass is 413 g/mol. The molecule has 2 heterocycles. The standard InChI is InChI=1S/C23H35N5O2/c1-3-25-23(28-11-8-22(9-12-28)30-15-5-14-29-2)26-17-20-6-4-7-21(16-20)18-27-13-10-24-19-27/h4,6-7,10,13,16,19,22H,3,5,8-9,11-12,14-15,17-18H2,1-2H3,(H,25,26). The third-order valence-corrected chi connectivity index (χ3v) is 5.25. The summed E-state index contributed by atoms with van der Waals surface area (Å²) < 4.78 is 13.1. The lowest BCUT2D eigenvalue weighted by Gasteiger charge is -2.34. The molecule has 1 fully saturated rings. The highest BCUT2D eigenvalue weighted by Crippen LogP contribution is 2.15. The van der Waals surface area contributed by atoms with E-state index in [2.05, 4.69) is 51.0 Å². The van der Waals surface area contributed by atoms with Gasteiger partial charge in [0.2, 0.25) is 0 Å². The molecule has 7 nitrogen and oxygen atoms in total. The number of ether oxygens (including phenoxy) is 2. The van der Waals surface area contributed by atoms with Gasteiger partial charge in [0.1, 0.15) is 0 Å². The molecule has 1 N–H and O–H groups in total. The van der Waals surface area contributed by atoms with E-state index in [-0.39, 0.29) is 0 Å². The maximum atomic E-state index is 5.99. The van der Waals surface area contributed by atoms with Crippen LogP contribution in [0.3, 0.4) is 0 Å². The second-order valence-corrected chi connectivity index (χ2v) is 7.63. The first-order chi connectivity index (χ1) is 14.8. The number of guanidine groups is 1. The van der Waals surface area contributed by atoms with E-state index in [4.69, 9.17) is 14.5 Å². The van der Waals surface area contributed by atoms with Crippen molar-refractivity contribution in [3.8, 4) is 0 Å². The van der Waals surface area contributed by atoms with Gasteiger partial charge in [0.25, 0.3) is 0 Å². The van der Waals surface area contributed by atoms with Gasteiger partial charge in [-0.25, -0.2) is 9.98 Å². The minimum Gasteiger partial charge on any atom is -0.385 e. The Kier molecular flexibility index (Phi) is 9.18. The second kappa shape index (κ2) is 12.3. The Hall–Kier alpha value is -2.38. The van der Waals surface area contributed by atoms with Crippen LogP contribution in [0.5, 0.6) is 0 Å². The summed E-state index contributed by atoms with van der Waals surface area (Å²) in [6, 6.07) is 8.63. The third kappa shape index (κ3) is 7.15. The quantitative estimate of drug-likeness (QED) is 0.369. The zero-order chi connectivity index (χ0) is 21.0. The molecular formula is C23H35N5O2. The summed E-state index contributed by atoms with van der Waals surface area (Å²) in [5.41, 5.74) is 2.48. The molecule has 7 heteroatoms. The van der Waals surface area contributed by atoms with Crippen molar-refractivity contribution in [2.24, 2.45) is 4.99 Å². The molecule has 0 bridgehead atoms. The van der Waals surface area contributed by atoms with E-state index in [0.717, 1.165) is 64.6 Å². The maximum absolute atomic E-state index is 5.99. The largest absolute Gasteiger partial charge is 0.385 e. The fourth-order valence-electron chi connectivity index (χ4n) is 3.70. The van der Waals surface area contributed by atoms with Crippen LogP contribution in [0.4, 0.5) is 0 Å². The first kappa shape index (κ1) is 22.3. The number of hydrogen-bond acceptors (Lipinski definition) is 4. The van der Waals surface area contributed by atoms with Crippen molar-refractivity contribution in [2.45, 2.75) is 45.4 Å². The number of imidazole rings is 1. The average molecular weight is 414 g/mol. The lowest BCUT2D eigenvalue weighted by molar-refractivity contribution is 0.00990. The number of nitrogens with zero attached hydrogens (tertiary/aromatic N) is 4. The number of hydrogen-bond donors (Lipinski definition) is 1. The van der Waals surface area contributed by atoms with E-state index in [1.807, 2.05) is 18.7 Å². The molecule has 0 aliphatic carbocycles. The normalized spacial score (nSPS) is 15.5. The summed E-state index contributed by atoms with van der Waals surface area (Å²) in [4.78, 5) is 11.4. The third-order valence-electron chi connectivity index (χ3n) is 5.25. The summed E-state index contributed by atoms with van der Waals surface area (Å²) >= 11 is 0. The van der Waals surface area contributed by atoms with Gasteiger partial charge in [-0.05, 0) is 37.3 Å². The van der Waals surface area contributed by atoms with Crippen molar-refractivity contribution in [3.05, 3.63) is 54.1 Å². The van der Waals surface area contributed by atoms with Crippen molar-refractivity contribution in [2.75, 3.05) is 40.0 Å². The van der Waals surface area contributed by atoms with Crippen molar-refractivity contribution >= 4 is 5.96 Å². The van der Waals surface area contributed by atoms with Gasteiger partial charge in [0.15, 0.2) is 5.96 Å². The number of piperidine rings is 1. The molecule has 1 aromatic heterocycles. The summed E-state index contributed by atoms with van der Waals surface area (Å²) in [7, 11) is 1.73. The van der Waals surface area contributed by atoms with Gasteiger partial charge in [-0.1, -0.05) is 24.3 Å². The average Bonchev–Trinajstić information content (AvgIpc) is 3.28. The van der Waals surface area contributed by atoms with Crippen molar-refractivity contribution < 1.29 is 9.47 Å². The fourth-order valence-corrected chi connectivity index (χ4v) is 3.70. The second-order valence-electron chi connectivity index (χ2n) is 7.63. The molecule has 3 rings (SSSR count). The van der Waals surface area contributed by atoms with Gasteiger partial charge in [0.05, 0.1) is 19.0 Å². The molecule has 2 aromatic rings. The van der Waals surface area contributed by atoms with Gasteiger partial charge in [-0.2, -0.15) is 0 Å². The van der Waals surface area contributed by atoms with E-state index < -0.39 is 0 Å². The van der Waals surface area contributed by atoms with Crippen LogP contribution in [0.25, 0.3) is 0 Å². The summed E-state index contributed by atoms with van der Waals surface area (Å²) in [6.07, 6.45) is 9.03. The molecule has 0 atom stereocenters. The maximum Gasteiger partial charge on any atom is 0.194 e. The smallest absolute Gasteiger partial charge is 0.194 e. The fraction of sp³-hybridized carbons (Fsp3) is 0.565. The molecule has 1 saturated heterocycles. The van der Waals surface area contributed by atoms with Crippen LogP contribution in [-0.2, 0) is 22.6 Å². The van der Waals surface area contributed by atoms with Crippen LogP contribution in [0.1, 0.15) is 37.3 Å². The number of rotatable bonds is 10. The van der Waals surface area contributed by atoms with Gasteiger partial charge in [0, 0.05) is 58.9 Å². The van der Waals surface area contributed by atoms with Gasteiger partial charge in [-0.3, -0.25) is 0 Å². The van der Waals surface area contributed by atoms with Crippen LogP contribution >= 0.6 is 0 Å². The Morgan fingerprint density at radius 2 is 2.07 bits per heavy atom. The number of nitrogens with one attached hydrogen (secondary N) is 1. The van der Waals surface area contributed by atoms with E-state index >= 15 is 0 Å². The van der Waals surface area contributed by atoms with Crippen molar-refractivity contribution in [1.29, 1.82) is 0 Å². The number of benzene rings is 1.